The molecule has 25 heavy (non-hydrogen) atoms. The Morgan fingerprint density at radius 1 is 1.12 bits per heavy atom. The Kier molecular flexibility index (Phi) is 5.74. The monoisotopic (exact) mass is 348 g/mol. The van der Waals surface area contributed by atoms with Crippen LogP contribution < -0.4 is 0 Å². The highest BCUT2D eigenvalue weighted by atomic mass is 19.4. The lowest BCUT2D eigenvalue weighted by Gasteiger charge is -2.32. The zero-order chi connectivity index (χ0) is 17.7. The molecule has 0 spiro atoms. The van der Waals surface area contributed by atoms with Crippen molar-refractivity contribution in [3.05, 3.63) is 65.5 Å². The quantitative estimate of drug-likeness (QED) is 0.760. The number of hydrogen-bond acceptors (Lipinski definition) is 2. The van der Waals surface area contributed by atoms with Gasteiger partial charge in [-0.25, -0.2) is 0 Å². The molecule has 1 aliphatic rings. The van der Waals surface area contributed by atoms with Crippen molar-refractivity contribution in [2.75, 3.05) is 13.1 Å². The van der Waals surface area contributed by atoms with Crippen LogP contribution in [0.5, 0.6) is 0 Å². The second-order valence-corrected chi connectivity index (χ2v) is 6.84. The van der Waals surface area contributed by atoms with Gasteiger partial charge in [-0.05, 0) is 61.4 Å². The fourth-order valence-electron chi connectivity index (χ4n) is 3.55. The molecule has 0 bridgehead atoms. The average Bonchev–Trinajstić information content (AvgIpc) is 2.61. The second-order valence-electron chi connectivity index (χ2n) is 6.84. The molecule has 0 aliphatic carbocycles. The zero-order valence-electron chi connectivity index (χ0n) is 14.2. The van der Waals surface area contributed by atoms with Crippen LogP contribution in [0.4, 0.5) is 13.2 Å². The predicted molar refractivity (Wildman–Crippen MR) is 92.0 cm³/mol. The lowest BCUT2D eigenvalue weighted by atomic mass is 9.91. The van der Waals surface area contributed by atoms with Crippen molar-refractivity contribution < 1.29 is 13.2 Å². The number of halogens is 3. The van der Waals surface area contributed by atoms with Gasteiger partial charge < -0.3 is 0 Å². The highest BCUT2D eigenvalue weighted by Crippen LogP contribution is 2.30. The van der Waals surface area contributed by atoms with Crippen molar-refractivity contribution in [3.63, 3.8) is 0 Å². The Morgan fingerprint density at radius 2 is 1.96 bits per heavy atom. The van der Waals surface area contributed by atoms with Gasteiger partial charge in [0.25, 0.3) is 0 Å². The molecule has 5 heteroatoms. The molecule has 0 unspecified atom stereocenters. The number of piperidine rings is 1. The Hall–Kier alpha value is -1.88. The van der Waals surface area contributed by atoms with Crippen molar-refractivity contribution in [2.24, 2.45) is 5.92 Å². The average molecular weight is 348 g/mol. The second kappa shape index (κ2) is 8.00. The van der Waals surface area contributed by atoms with Crippen LogP contribution in [0.3, 0.4) is 0 Å². The number of aryl methyl sites for hydroxylation is 1. The smallest absolute Gasteiger partial charge is 0.299 e. The van der Waals surface area contributed by atoms with E-state index in [-0.39, 0.29) is 0 Å². The summed E-state index contributed by atoms with van der Waals surface area (Å²) in [7, 11) is 0. The number of likely N-dealkylation sites (tertiary alicyclic amines) is 1. The molecule has 0 N–H and O–H groups in total. The Morgan fingerprint density at radius 3 is 2.72 bits per heavy atom. The molecule has 2 aromatic rings. The summed E-state index contributed by atoms with van der Waals surface area (Å²) in [5.41, 5.74) is 1.44. The van der Waals surface area contributed by atoms with E-state index in [1.807, 2.05) is 12.3 Å². The Balaban J connectivity index is 1.53. The number of benzene rings is 1. The third kappa shape index (κ3) is 5.30. The standard InChI is InChI=1S/C20H23F3N2/c21-20(22,23)19-7-1-4-16(12-19)8-9-17-6-3-11-25(14-17)15-18-5-2-10-24-13-18/h1-2,4-5,7,10,12-13,17H,3,6,8-9,11,14-15H2/t17-/m0/s1. The number of hydrogen-bond donors (Lipinski definition) is 0. The summed E-state index contributed by atoms with van der Waals surface area (Å²) in [4.78, 5) is 6.58. The molecule has 1 aromatic carbocycles. The molecule has 0 amide bonds. The topological polar surface area (TPSA) is 16.1 Å². The minimum atomic E-state index is -4.26. The van der Waals surface area contributed by atoms with Crippen LogP contribution >= 0.6 is 0 Å². The third-order valence-electron chi connectivity index (χ3n) is 4.83. The van der Waals surface area contributed by atoms with Gasteiger partial charge in [0.05, 0.1) is 5.56 Å². The van der Waals surface area contributed by atoms with Crippen molar-refractivity contribution in [3.8, 4) is 0 Å². The first kappa shape index (κ1) is 17.9. The minimum Gasteiger partial charge on any atom is -0.299 e. The molecule has 134 valence electrons. The third-order valence-corrected chi connectivity index (χ3v) is 4.83. The van der Waals surface area contributed by atoms with Crippen LogP contribution in [0.15, 0.2) is 48.8 Å². The highest BCUT2D eigenvalue weighted by Gasteiger charge is 2.30. The summed E-state index contributed by atoms with van der Waals surface area (Å²) in [6.45, 7) is 2.98. The molecule has 1 saturated heterocycles. The van der Waals surface area contributed by atoms with E-state index in [9.17, 15) is 13.2 Å². The Bertz CT molecular complexity index is 670. The molecular formula is C20H23F3N2. The van der Waals surface area contributed by atoms with Gasteiger partial charge in [-0.1, -0.05) is 24.3 Å². The Labute approximate surface area is 146 Å². The van der Waals surface area contributed by atoms with Crippen LogP contribution in [-0.4, -0.2) is 23.0 Å². The fraction of sp³-hybridized carbons (Fsp3) is 0.450. The SMILES string of the molecule is FC(F)(F)c1cccc(CC[C@@H]2CCCN(Cc3cccnc3)C2)c1. The van der Waals surface area contributed by atoms with Gasteiger partial charge >= 0.3 is 6.18 Å². The molecule has 1 aromatic heterocycles. The van der Waals surface area contributed by atoms with Crippen LogP contribution in [0, 0.1) is 5.92 Å². The number of pyridine rings is 1. The van der Waals surface area contributed by atoms with E-state index in [0.717, 1.165) is 50.5 Å². The van der Waals surface area contributed by atoms with Gasteiger partial charge in [0, 0.05) is 25.5 Å². The van der Waals surface area contributed by atoms with E-state index in [0.29, 0.717) is 12.3 Å². The number of rotatable bonds is 5. The molecule has 0 radical (unpaired) electrons. The van der Waals surface area contributed by atoms with E-state index in [1.54, 1.807) is 12.3 Å². The maximum absolute atomic E-state index is 12.8. The van der Waals surface area contributed by atoms with Gasteiger partial charge in [-0.3, -0.25) is 9.88 Å². The first-order valence-corrected chi connectivity index (χ1v) is 8.78. The first-order chi connectivity index (χ1) is 12.0. The molecule has 3 rings (SSSR count). The molecule has 2 heterocycles. The van der Waals surface area contributed by atoms with E-state index in [4.69, 9.17) is 0 Å². The number of alkyl halides is 3. The summed E-state index contributed by atoms with van der Waals surface area (Å²) in [5.74, 6) is 0.542. The van der Waals surface area contributed by atoms with Crippen LogP contribution in [-0.2, 0) is 19.1 Å². The van der Waals surface area contributed by atoms with Gasteiger partial charge in [0.15, 0.2) is 0 Å². The van der Waals surface area contributed by atoms with Crippen molar-refractivity contribution in [2.45, 2.75) is 38.4 Å². The minimum absolute atomic E-state index is 0.542. The van der Waals surface area contributed by atoms with Crippen LogP contribution in [0.25, 0.3) is 0 Å². The summed E-state index contributed by atoms with van der Waals surface area (Å²) < 4.78 is 38.4. The maximum Gasteiger partial charge on any atom is 0.416 e. The molecule has 1 aliphatic heterocycles. The molecular weight excluding hydrogens is 325 g/mol. The first-order valence-electron chi connectivity index (χ1n) is 8.78. The maximum atomic E-state index is 12.8. The van der Waals surface area contributed by atoms with E-state index in [2.05, 4.69) is 16.0 Å². The molecule has 1 fully saturated rings. The summed E-state index contributed by atoms with van der Waals surface area (Å²) in [6, 6.07) is 9.76. The van der Waals surface area contributed by atoms with Crippen LogP contribution in [0.1, 0.15) is 36.0 Å². The van der Waals surface area contributed by atoms with Gasteiger partial charge in [0.1, 0.15) is 0 Å². The van der Waals surface area contributed by atoms with Crippen molar-refractivity contribution in [1.29, 1.82) is 0 Å². The summed E-state index contributed by atoms with van der Waals surface area (Å²) >= 11 is 0. The largest absolute Gasteiger partial charge is 0.416 e. The predicted octanol–water partition coefficient (Wildman–Crippen LogP) is 4.95. The van der Waals surface area contributed by atoms with Crippen LogP contribution in [0.2, 0.25) is 0 Å². The fourth-order valence-corrected chi connectivity index (χ4v) is 3.55. The van der Waals surface area contributed by atoms with Gasteiger partial charge in [-0.2, -0.15) is 13.2 Å². The van der Waals surface area contributed by atoms with E-state index in [1.165, 1.54) is 17.7 Å². The zero-order valence-corrected chi connectivity index (χ0v) is 14.2. The van der Waals surface area contributed by atoms with Gasteiger partial charge in [0.2, 0.25) is 0 Å². The summed E-state index contributed by atoms with van der Waals surface area (Å²) in [6.07, 6.45) is 3.35. The van der Waals surface area contributed by atoms with Crippen molar-refractivity contribution in [1.82, 2.24) is 9.88 Å². The lowest BCUT2D eigenvalue weighted by molar-refractivity contribution is -0.137. The number of aromatic nitrogens is 1. The lowest BCUT2D eigenvalue weighted by Crippen LogP contribution is -2.35. The van der Waals surface area contributed by atoms with Crippen molar-refractivity contribution >= 4 is 0 Å². The van der Waals surface area contributed by atoms with E-state index >= 15 is 0 Å². The molecule has 2 nitrogen and oxygen atoms in total. The highest BCUT2D eigenvalue weighted by molar-refractivity contribution is 5.25. The van der Waals surface area contributed by atoms with E-state index < -0.39 is 11.7 Å². The number of nitrogens with zero attached hydrogens (tertiary/aromatic N) is 2. The normalized spacial score (nSPS) is 19.1. The summed E-state index contributed by atoms with van der Waals surface area (Å²) in [5, 5.41) is 0. The molecule has 1 atom stereocenters. The molecule has 0 saturated carbocycles. The van der Waals surface area contributed by atoms with Gasteiger partial charge in [-0.15, -0.1) is 0 Å².